The van der Waals surface area contributed by atoms with Gasteiger partial charge in [-0.2, -0.15) is 0 Å². The third kappa shape index (κ3) is 1.71. The van der Waals surface area contributed by atoms with Crippen LogP contribution in [0.3, 0.4) is 0 Å². The molecule has 3 nitrogen and oxygen atoms in total. The lowest BCUT2D eigenvalue weighted by Gasteiger charge is -2.30. The van der Waals surface area contributed by atoms with Gasteiger partial charge in [-0.05, 0) is 12.8 Å². The van der Waals surface area contributed by atoms with E-state index < -0.39 is 0 Å². The highest BCUT2D eigenvalue weighted by molar-refractivity contribution is 5.79. The summed E-state index contributed by atoms with van der Waals surface area (Å²) in [5.41, 5.74) is 5.75. The van der Waals surface area contributed by atoms with Crippen LogP contribution < -0.4 is 5.73 Å². The second-order valence-electron chi connectivity index (χ2n) is 3.56. The fourth-order valence-electron chi connectivity index (χ4n) is 1.54. The van der Waals surface area contributed by atoms with Crippen molar-refractivity contribution in [3.63, 3.8) is 0 Å². The van der Waals surface area contributed by atoms with Crippen molar-refractivity contribution in [2.75, 3.05) is 13.1 Å². The summed E-state index contributed by atoms with van der Waals surface area (Å²) >= 11 is 0. The van der Waals surface area contributed by atoms with E-state index in [4.69, 9.17) is 5.73 Å². The van der Waals surface area contributed by atoms with Crippen LogP contribution in [0.2, 0.25) is 0 Å². The van der Waals surface area contributed by atoms with Gasteiger partial charge in [0.25, 0.3) is 0 Å². The number of rotatable bonds is 3. The fraction of sp³-hybridized carbons (Fsp3) is 0.889. The Bertz CT molecular complexity index is 177. The van der Waals surface area contributed by atoms with E-state index in [0.29, 0.717) is 12.0 Å². The van der Waals surface area contributed by atoms with Gasteiger partial charge in [-0.3, -0.25) is 4.99 Å². The average molecular weight is 169 g/mol. The molecule has 2 unspecified atom stereocenters. The first-order valence-corrected chi connectivity index (χ1v) is 4.73. The number of hydrogen-bond donors (Lipinski definition) is 1. The van der Waals surface area contributed by atoms with Crippen LogP contribution >= 0.6 is 0 Å². The maximum atomic E-state index is 5.75. The van der Waals surface area contributed by atoms with Crippen LogP contribution in [0.25, 0.3) is 0 Å². The number of hydrogen-bond acceptors (Lipinski definition) is 3. The molecule has 1 aliphatic heterocycles. The number of guanidine groups is 1. The molecule has 0 spiro atoms. The van der Waals surface area contributed by atoms with Crippen LogP contribution in [-0.2, 0) is 0 Å². The van der Waals surface area contributed by atoms with E-state index >= 15 is 0 Å². The Morgan fingerprint density at radius 1 is 1.58 bits per heavy atom. The highest BCUT2D eigenvalue weighted by atomic mass is 15.3. The molecule has 0 fully saturated rings. The van der Waals surface area contributed by atoms with Gasteiger partial charge < -0.3 is 10.6 Å². The third-order valence-electron chi connectivity index (χ3n) is 2.87. The molecule has 1 rings (SSSR count). The summed E-state index contributed by atoms with van der Waals surface area (Å²) in [6.45, 7) is 8.56. The van der Waals surface area contributed by atoms with Crippen molar-refractivity contribution in [3.8, 4) is 0 Å². The van der Waals surface area contributed by atoms with E-state index in [0.717, 1.165) is 19.0 Å². The van der Waals surface area contributed by atoms with Crippen molar-refractivity contribution >= 4 is 5.96 Å². The van der Waals surface area contributed by atoms with Crippen LogP contribution in [0.15, 0.2) is 4.99 Å². The van der Waals surface area contributed by atoms with E-state index in [1.54, 1.807) is 0 Å². The Morgan fingerprint density at radius 3 is 2.67 bits per heavy atom. The van der Waals surface area contributed by atoms with E-state index in [1.165, 1.54) is 6.42 Å². The molecule has 0 saturated heterocycles. The molecule has 0 aromatic heterocycles. The topological polar surface area (TPSA) is 41.6 Å². The minimum atomic E-state index is 0.529. The van der Waals surface area contributed by atoms with Gasteiger partial charge in [0, 0.05) is 12.6 Å². The van der Waals surface area contributed by atoms with Gasteiger partial charge in [0.1, 0.15) is 0 Å². The highest BCUT2D eigenvalue weighted by Gasteiger charge is 2.23. The molecular formula is C9H19N3. The Balaban J connectivity index is 2.52. The van der Waals surface area contributed by atoms with Gasteiger partial charge >= 0.3 is 0 Å². The molecule has 0 amide bonds. The Kier molecular flexibility index (Phi) is 2.95. The Morgan fingerprint density at radius 2 is 2.25 bits per heavy atom. The zero-order chi connectivity index (χ0) is 9.14. The molecule has 0 radical (unpaired) electrons. The quantitative estimate of drug-likeness (QED) is 0.686. The molecular weight excluding hydrogens is 150 g/mol. The lowest BCUT2D eigenvalue weighted by molar-refractivity contribution is 0.265. The lowest BCUT2D eigenvalue weighted by atomic mass is 10.00. The van der Waals surface area contributed by atoms with E-state index in [1.807, 2.05) is 0 Å². The van der Waals surface area contributed by atoms with Crippen LogP contribution in [0, 0.1) is 5.92 Å². The molecule has 0 bridgehead atoms. The van der Waals surface area contributed by atoms with E-state index in [9.17, 15) is 0 Å². The van der Waals surface area contributed by atoms with Crippen LogP contribution in [-0.4, -0.2) is 30.0 Å². The first kappa shape index (κ1) is 9.36. The number of nitrogens with two attached hydrogens (primary N) is 1. The molecule has 2 N–H and O–H groups in total. The van der Waals surface area contributed by atoms with Crippen LogP contribution in [0.5, 0.6) is 0 Å². The van der Waals surface area contributed by atoms with Crippen molar-refractivity contribution in [2.45, 2.75) is 33.2 Å². The summed E-state index contributed by atoms with van der Waals surface area (Å²) in [5, 5.41) is 0. The zero-order valence-corrected chi connectivity index (χ0v) is 8.25. The lowest BCUT2D eigenvalue weighted by Crippen LogP contribution is -2.43. The highest BCUT2D eigenvalue weighted by Crippen LogP contribution is 2.15. The summed E-state index contributed by atoms with van der Waals surface area (Å²) < 4.78 is 0. The zero-order valence-electron chi connectivity index (χ0n) is 8.25. The summed E-state index contributed by atoms with van der Waals surface area (Å²) in [6.07, 6.45) is 1.20. The monoisotopic (exact) mass is 169 g/mol. The van der Waals surface area contributed by atoms with Gasteiger partial charge in [0.05, 0.1) is 6.54 Å². The predicted molar refractivity (Wildman–Crippen MR) is 52.1 cm³/mol. The standard InChI is InChI=1S/C9H19N3/c1-4-7(2)8(3)12-6-5-11-9(12)10/h7-8H,4-6H2,1-3H3,(H2,10,11). The second-order valence-corrected chi connectivity index (χ2v) is 3.56. The van der Waals surface area contributed by atoms with Crippen molar-refractivity contribution in [3.05, 3.63) is 0 Å². The average Bonchev–Trinajstić information content (AvgIpc) is 2.48. The third-order valence-corrected chi connectivity index (χ3v) is 2.87. The number of nitrogens with zero attached hydrogens (tertiary/aromatic N) is 2. The van der Waals surface area contributed by atoms with Crippen molar-refractivity contribution in [2.24, 2.45) is 16.6 Å². The molecule has 0 aliphatic carbocycles. The normalized spacial score (nSPS) is 22.2. The smallest absolute Gasteiger partial charge is 0.191 e. The minimum Gasteiger partial charge on any atom is -0.370 e. The largest absolute Gasteiger partial charge is 0.370 e. The van der Waals surface area contributed by atoms with Crippen LogP contribution in [0.4, 0.5) is 0 Å². The molecule has 3 heteroatoms. The van der Waals surface area contributed by atoms with Crippen molar-refractivity contribution < 1.29 is 0 Å². The van der Waals surface area contributed by atoms with Gasteiger partial charge in [-0.25, -0.2) is 0 Å². The molecule has 0 aromatic carbocycles. The summed E-state index contributed by atoms with van der Waals surface area (Å²) in [6, 6.07) is 0.529. The molecule has 70 valence electrons. The molecule has 2 atom stereocenters. The molecule has 1 heterocycles. The molecule has 1 aliphatic rings. The maximum absolute atomic E-state index is 5.75. The summed E-state index contributed by atoms with van der Waals surface area (Å²) in [5.74, 6) is 1.42. The van der Waals surface area contributed by atoms with E-state index in [2.05, 4.69) is 30.7 Å². The molecule has 12 heavy (non-hydrogen) atoms. The number of aliphatic imine (C=N–C) groups is 1. The Hall–Kier alpha value is -0.730. The predicted octanol–water partition coefficient (Wildman–Crippen LogP) is 1.05. The summed E-state index contributed by atoms with van der Waals surface area (Å²) in [7, 11) is 0. The first-order valence-electron chi connectivity index (χ1n) is 4.73. The van der Waals surface area contributed by atoms with Gasteiger partial charge in [0.15, 0.2) is 5.96 Å². The minimum absolute atomic E-state index is 0.529. The van der Waals surface area contributed by atoms with Gasteiger partial charge in [-0.1, -0.05) is 20.3 Å². The second kappa shape index (κ2) is 3.78. The first-order chi connectivity index (χ1) is 5.66. The fourth-order valence-corrected chi connectivity index (χ4v) is 1.54. The Labute approximate surface area is 74.6 Å². The van der Waals surface area contributed by atoms with Crippen molar-refractivity contribution in [1.82, 2.24) is 4.90 Å². The van der Waals surface area contributed by atoms with Gasteiger partial charge in [0.2, 0.25) is 0 Å². The van der Waals surface area contributed by atoms with Crippen LogP contribution in [0.1, 0.15) is 27.2 Å². The molecule has 0 saturated carbocycles. The SMILES string of the molecule is CCC(C)C(C)N1CCN=C1N. The maximum Gasteiger partial charge on any atom is 0.191 e. The van der Waals surface area contributed by atoms with Crippen molar-refractivity contribution in [1.29, 1.82) is 0 Å². The van der Waals surface area contributed by atoms with Gasteiger partial charge in [-0.15, -0.1) is 0 Å². The van der Waals surface area contributed by atoms with E-state index in [-0.39, 0.29) is 0 Å². The molecule has 0 aromatic rings. The summed E-state index contributed by atoms with van der Waals surface area (Å²) in [4.78, 5) is 6.38.